The summed E-state index contributed by atoms with van der Waals surface area (Å²) in [6.45, 7) is 0. The molecule has 0 amide bonds. The monoisotopic (exact) mass is 466 g/mol. The summed E-state index contributed by atoms with van der Waals surface area (Å²) in [6.07, 6.45) is 7.48. The van der Waals surface area contributed by atoms with E-state index in [1.54, 1.807) is 18.2 Å². The van der Waals surface area contributed by atoms with E-state index in [4.69, 9.17) is 0 Å². The van der Waals surface area contributed by atoms with E-state index in [0.717, 1.165) is 33.5 Å². The predicted molar refractivity (Wildman–Crippen MR) is 134 cm³/mol. The number of rotatable bonds is 2. The number of nitrogens with one attached hydrogen (secondary N) is 2. The highest BCUT2D eigenvalue weighted by Gasteiger charge is 2.15. The Kier molecular flexibility index (Phi) is 4.58. The van der Waals surface area contributed by atoms with Crippen molar-refractivity contribution in [3.63, 3.8) is 0 Å². The quantitative estimate of drug-likeness (QED) is 0.289. The topological polar surface area (TPSA) is 112 Å². The maximum Gasteiger partial charge on any atom is 0.296 e. The van der Waals surface area contributed by atoms with Gasteiger partial charge >= 0.3 is 0 Å². The fourth-order valence-electron chi connectivity index (χ4n) is 4.14. The second-order valence-electron chi connectivity index (χ2n) is 8.06. The highest BCUT2D eigenvalue weighted by Crippen LogP contribution is 2.28. The highest BCUT2D eigenvalue weighted by atomic mass is 32.2. The molecule has 0 saturated carbocycles. The maximum absolute atomic E-state index is 12.0. The Bertz CT molecular complexity index is 1780. The lowest BCUT2D eigenvalue weighted by Crippen LogP contribution is -1.96. The Morgan fingerprint density at radius 1 is 0.647 bits per heavy atom. The summed E-state index contributed by atoms with van der Waals surface area (Å²) in [5.41, 5.74) is 7.25. The van der Waals surface area contributed by atoms with Crippen LogP contribution in [0, 0.1) is 0 Å². The molecule has 0 spiro atoms. The predicted octanol–water partition coefficient (Wildman–Crippen LogP) is 5.57. The van der Waals surface area contributed by atoms with Crippen molar-refractivity contribution in [2.75, 3.05) is 0 Å². The molecule has 2 aliphatic rings. The van der Waals surface area contributed by atoms with Crippen LogP contribution in [-0.2, 0) is 10.1 Å². The molecular weight excluding hydrogens is 448 g/mol. The Balaban J connectivity index is 1.73. The van der Waals surface area contributed by atoms with Crippen molar-refractivity contribution in [3.8, 4) is 11.1 Å². The minimum Gasteiger partial charge on any atom is -0.355 e. The van der Waals surface area contributed by atoms with Crippen molar-refractivity contribution < 1.29 is 13.0 Å². The molecule has 0 radical (unpaired) electrons. The first kappa shape index (κ1) is 20.3. The van der Waals surface area contributed by atoms with Crippen molar-refractivity contribution in [1.82, 2.24) is 19.9 Å². The van der Waals surface area contributed by atoms with Gasteiger partial charge in [-0.1, -0.05) is 30.3 Å². The van der Waals surface area contributed by atoms with E-state index >= 15 is 0 Å². The number of hydrogen-bond acceptors (Lipinski definition) is 4. The van der Waals surface area contributed by atoms with E-state index in [0.29, 0.717) is 16.9 Å². The molecule has 3 N–H and O–H groups in total. The SMILES string of the molecule is O=S(=O)(O)c1cc2cc3cc(-c4ccccc4)c(cc4nc(cc5nc(cc1[nH]2)C=C5)C=C4)[nH]3. The summed E-state index contributed by atoms with van der Waals surface area (Å²) >= 11 is 0. The molecule has 0 fully saturated rings. The Morgan fingerprint density at radius 2 is 1.21 bits per heavy atom. The van der Waals surface area contributed by atoms with Gasteiger partial charge in [0.05, 0.1) is 28.3 Å². The van der Waals surface area contributed by atoms with Crippen LogP contribution >= 0.6 is 0 Å². The zero-order valence-electron chi connectivity index (χ0n) is 17.7. The lowest BCUT2D eigenvalue weighted by Gasteiger charge is -1.97. The molecule has 2 aliphatic heterocycles. The number of benzene rings is 1. The molecule has 166 valence electrons. The van der Waals surface area contributed by atoms with Crippen LogP contribution in [0.15, 0.2) is 71.6 Å². The molecule has 0 saturated heterocycles. The fourth-order valence-corrected chi connectivity index (χ4v) is 4.80. The van der Waals surface area contributed by atoms with Gasteiger partial charge in [0, 0.05) is 22.1 Å². The minimum atomic E-state index is -4.44. The minimum absolute atomic E-state index is 0.208. The zero-order valence-corrected chi connectivity index (χ0v) is 18.5. The van der Waals surface area contributed by atoms with Gasteiger partial charge < -0.3 is 9.97 Å². The Labute approximate surface area is 194 Å². The van der Waals surface area contributed by atoms with Crippen molar-refractivity contribution in [3.05, 3.63) is 89.5 Å². The number of H-pyrrole nitrogens is 2. The van der Waals surface area contributed by atoms with E-state index in [9.17, 15) is 13.0 Å². The Morgan fingerprint density at radius 3 is 1.85 bits per heavy atom. The van der Waals surface area contributed by atoms with Gasteiger partial charge in [0.15, 0.2) is 0 Å². The summed E-state index contributed by atoms with van der Waals surface area (Å²) in [5.74, 6) is 0. The summed E-state index contributed by atoms with van der Waals surface area (Å²) in [7, 11) is -4.44. The lowest BCUT2D eigenvalue weighted by atomic mass is 10.1. The molecule has 6 rings (SSSR count). The summed E-state index contributed by atoms with van der Waals surface area (Å²) < 4.78 is 33.9. The van der Waals surface area contributed by atoms with Gasteiger partial charge in [0.25, 0.3) is 10.1 Å². The molecule has 1 aromatic carbocycles. The number of aromatic amines is 2. The molecule has 8 heteroatoms. The molecule has 8 bridgehead atoms. The summed E-state index contributed by atoms with van der Waals surface area (Å²) in [6, 6.07) is 20.6. The number of fused-ring (bicyclic) bond motifs is 8. The molecule has 0 unspecified atom stereocenters. The van der Waals surface area contributed by atoms with Crippen LogP contribution < -0.4 is 0 Å². The van der Waals surface area contributed by atoms with Crippen molar-refractivity contribution in [1.29, 1.82) is 0 Å². The molecular formula is C26H18N4O3S. The second kappa shape index (κ2) is 7.65. The summed E-state index contributed by atoms with van der Waals surface area (Å²) in [5, 5.41) is 0. The molecule has 34 heavy (non-hydrogen) atoms. The van der Waals surface area contributed by atoms with Crippen LogP contribution in [0.2, 0.25) is 0 Å². The molecule has 7 nitrogen and oxygen atoms in total. The first-order valence-corrected chi connectivity index (χ1v) is 12.0. The van der Waals surface area contributed by atoms with E-state index in [2.05, 4.69) is 19.9 Å². The van der Waals surface area contributed by atoms with Crippen molar-refractivity contribution in [2.45, 2.75) is 4.90 Å². The summed E-state index contributed by atoms with van der Waals surface area (Å²) in [4.78, 5) is 15.5. The van der Waals surface area contributed by atoms with Crippen LogP contribution in [0.25, 0.3) is 57.5 Å². The molecule has 4 aromatic rings. The number of hydrogen-bond donors (Lipinski definition) is 3. The third-order valence-electron chi connectivity index (χ3n) is 5.62. The van der Waals surface area contributed by atoms with E-state index < -0.39 is 10.1 Å². The van der Waals surface area contributed by atoms with Gasteiger partial charge in [-0.05, 0) is 66.3 Å². The van der Waals surface area contributed by atoms with Crippen molar-refractivity contribution in [2.24, 2.45) is 0 Å². The van der Waals surface area contributed by atoms with Crippen LogP contribution in [0.3, 0.4) is 0 Å². The van der Waals surface area contributed by atoms with Crippen LogP contribution in [0.4, 0.5) is 0 Å². The first-order chi connectivity index (χ1) is 16.4. The van der Waals surface area contributed by atoms with Crippen LogP contribution in [0.5, 0.6) is 0 Å². The second-order valence-corrected chi connectivity index (χ2v) is 9.45. The fraction of sp³-hybridized carbons (Fsp3) is 0. The van der Waals surface area contributed by atoms with Gasteiger partial charge in [-0.3, -0.25) is 4.55 Å². The van der Waals surface area contributed by atoms with Gasteiger partial charge in [-0.2, -0.15) is 8.42 Å². The maximum atomic E-state index is 12.0. The van der Waals surface area contributed by atoms with Gasteiger partial charge in [0.2, 0.25) is 0 Å². The van der Waals surface area contributed by atoms with E-state index in [1.165, 1.54) is 6.07 Å². The molecule has 5 heterocycles. The number of nitrogens with zero attached hydrogens (tertiary/aromatic N) is 2. The normalized spacial score (nSPS) is 12.9. The van der Waals surface area contributed by atoms with Crippen LogP contribution in [0.1, 0.15) is 22.8 Å². The standard InChI is InChI=1S/C26H18N4O3S/c31-34(32,33)26-15-22-11-21-12-23(16-4-2-1-3-5-16)24(29-21)13-19-8-6-17(27-19)10-18-7-9-20(28-18)14-25(26)30-22/h1-15,29-30H,(H,31,32,33). The van der Waals surface area contributed by atoms with Gasteiger partial charge in [0.1, 0.15) is 4.90 Å². The first-order valence-electron chi connectivity index (χ1n) is 10.6. The van der Waals surface area contributed by atoms with Gasteiger partial charge in [-0.15, -0.1) is 0 Å². The third kappa shape index (κ3) is 3.85. The molecule has 0 atom stereocenters. The lowest BCUT2D eigenvalue weighted by molar-refractivity contribution is 0.484. The van der Waals surface area contributed by atoms with Crippen LogP contribution in [-0.4, -0.2) is 32.9 Å². The molecule has 3 aromatic heterocycles. The number of aromatic nitrogens is 4. The highest BCUT2D eigenvalue weighted by molar-refractivity contribution is 7.86. The molecule has 0 aliphatic carbocycles. The average molecular weight is 467 g/mol. The van der Waals surface area contributed by atoms with E-state index in [-0.39, 0.29) is 10.4 Å². The third-order valence-corrected chi connectivity index (χ3v) is 6.51. The smallest absolute Gasteiger partial charge is 0.296 e. The largest absolute Gasteiger partial charge is 0.355 e. The van der Waals surface area contributed by atoms with Crippen molar-refractivity contribution >= 4 is 56.5 Å². The Hall–Kier alpha value is -4.27. The van der Waals surface area contributed by atoms with E-state index in [1.807, 2.05) is 66.8 Å². The zero-order chi connectivity index (χ0) is 23.3. The van der Waals surface area contributed by atoms with Gasteiger partial charge in [-0.25, -0.2) is 9.97 Å². The average Bonchev–Trinajstić information content (AvgIpc) is 3.58.